The summed E-state index contributed by atoms with van der Waals surface area (Å²) in [4.78, 5) is 18.1. The molecule has 3 heterocycles. The first kappa shape index (κ1) is 23.3. The first-order valence-electron chi connectivity index (χ1n) is 13.6. The molecule has 7 nitrogen and oxygen atoms in total. The van der Waals surface area contributed by atoms with E-state index >= 15 is 0 Å². The molecule has 0 bridgehead atoms. The number of rotatable bonds is 7. The van der Waals surface area contributed by atoms with Crippen molar-refractivity contribution in [1.82, 2.24) is 24.9 Å². The molecule has 5 rings (SSSR count). The quantitative estimate of drug-likeness (QED) is 0.682. The number of amides is 1. The van der Waals surface area contributed by atoms with Crippen molar-refractivity contribution in [2.45, 2.75) is 95.7 Å². The molecule has 0 spiro atoms. The second-order valence-electron chi connectivity index (χ2n) is 10.7. The Balaban J connectivity index is 1.30. The molecule has 2 aliphatic carbocycles. The van der Waals surface area contributed by atoms with Crippen LogP contribution in [0.3, 0.4) is 0 Å². The number of piperidine rings is 1. The monoisotopic (exact) mass is 457 g/mol. The third-order valence-electron chi connectivity index (χ3n) is 8.56. The lowest BCUT2D eigenvalue weighted by atomic mass is 9.88. The van der Waals surface area contributed by atoms with Crippen molar-refractivity contribution in [2.75, 3.05) is 45.9 Å². The van der Waals surface area contributed by atoms with Crippen molar-refractivity contribution < 1.29 is 9.53 Å². The smallest absolute Gasteiger partial charge is 0.274 e. The van der Waals surface area contributed by atoms with E-state index in [-0.39, 0.29) is 5.91 Å². The molecule has 3 fully saturated rings. The lowest BCUT2D eigenvalue weighted by Gasteiger charge is -2.44. The van der Waals surface area contributed by atoms with E-state index in [2.05, 4.69) is 21.8 Å². The predicted octanol–water partition coefficient (Wildman–Crippen LogP) is 3.01. The summed E-state index contributed by atoms with van der Waals surface area (Å²) < 4.78 is 7.60. The van der Waals surface area contributed by atoms with Gasteiger partial charge in [0, 0.05) is 49.0 Å². The number of aryl methyl sites for hydroxylation is 1. The number of carbonyl (C=O) groups excluding carboxylic acids is 1. The molecular formula is C26H43N5O2. The normalized spacial score (nSPS) is 25.8. The first-order valence-corrected chi connectivity index (χ1v) is 13.6. The van der Waals surface area contributed by atoms with Gasteiger partial charge in [0.15, 0.2) is 5.69 Å². The van der Waals surface area contributed by atoms with E-state index in [0.29, 0.717) is 43.6 Å². The molecule has 0 aromatic carbocycles. The minimum absolute atomic E-state index is 0.102. The molecule has 2 aliphatic heterocycles. The molecular weight excluding hydrogens is 414 g/mol. The highest BCUT2D eigenvalue weighted by Crippen LogP contribution is 2.37. The van der Waals surface area contributed by atoms with Crippen molar-refractivity contribution in [3.05, 3.63) is 17.0 Å². The maximum atomic E-state index is 13.4. The third-order valence-corrected chi connectivity index (χ3v) is 8.56. The Kier molecular flexibility index (Phi) is 7.38. The van der Waals surface area contributed by atoms with E-state index < -0.39 is 0 Å². The average molecular weight is 458 g/mol. The number of likely N-dealkylation sites (tertiary alicyclic amines) is 1. The molecule has 1 N–H and O–H groups in total. The second-order valence-corrected chi connectivity index (χ2v) is 10.7. The molecule has 1 unspecified atom stereocenters. The highest BCUT2D eigenvalue weighted by molar-refractivity contribution is 5.94. The minimum Gasteiger partial charge on any atom is -0.378 e. The summed E-state index contributed by atoms with van der Waals surface area (Å²) in [6, 6.07) is 0.440. The molecule has 33 heavy (non-hydrogen) atoms. The van der Waals surface area contributed by atoms with Crippen LogP contribution in [0.25, 0.3) is 0 Å². The molecule has 0 radical (unpaired) electrons. The van der Waals surface area contributed by atoms with Gasteiger partial charge in [-0.2, -0.15) is 5.10 Å². The van der Waals surface area contributed by atoms with Gasteiger partial charge in [0.25, 0.3) is 5.91 Å². The largest absolute Gasteiger partial charge is 0.378 e. The molecule has 1 atom stereocenters. The van der Waals surface area contributed by atoms with Crippen molar-refractivity contribution >= 4 is 5.91 Å². The van der Waals surface area contributed by atoms with Gasteiger partial charge in [-0.1, -0.05) is 26.2 Å². The predicted molar refractivity (Wildman–Crippen MR) is 130 cm³/mol. The molecule has 1 saturated carbocycles. The Morgan fingerprint density at radius 1 is 1.09 bits per heavy atom. The van der Waals surface area contributed by atoms with Crippen LogP contribution in [0.1, 0.15) is 86.5 Å². The summed E-state index contributed by atoms with van der Waals surface area (Å²) in [6.45, 7) is 9.35. The topological polar surface area (TPSA) is 62.6 Å². The first-order chi connectivity index (χ1) is 16.2. The van der Waals surface area contributed by atoms with E-state index in [4.69, 9.17) is 9.84 Å². The standard InChI is InChI=1S/C26H43N5O2/c1-2-12-31-23-9-8-21(19-22(23)24(28-31)25(32)29-15-17-33-18-16-29)27-20-26(10-4-5-11-26)30-13-6-3-7-14-30/h21,27H,2-20H2,1H3. The van der Waals surface area contributed by atoms with Crippen LogP contribution < -0.4 is 5.32 Å². The van der Waals surface area contributed by atoms with Crippen LogP contribution >= 0.6 is 0 Å². The van der Waals surface area contributed by atoms with Crippen LogP contribution in [-0.4, -0.2) is 83.0 Å². The average Bonchev–Trinajstić information content (AvgIpc) is 3.49. The Morgan fingerprint density at radius 2 is 1.85 bits per heavy atom. The van der Waals surface area contributed by atoms with Crippen LogP contribution in [0.2, 0.25) is 0 Å². The van der Waals surface area contributed by atoms with Gasteiger partial charge in [-0.15, -0.1) is 0 Å². The lowest BCUT2D eigenvalue weighted by Crippen LogP contribution is -2.56. The Labute approximate surface area is 199 Å². The summed E-state index contributed by atoms with van der Waals surface area (Å²) in [7, 11) is 0. The number of carbonyl (C=O) groups is 1. The maximum Gasteiger partial charge on any atom is 0.274 e. The lowest BCUT2D eigenvalue weighted by molar-refractivity contribution is 0.0297. The fourth-order valence-electron chi connectivity index (χ4n) is 6.69. The van der Waals surface area contributed by atoms with Gasteiger partial charge in [-0.3, -0.25) is 14.4 Å². The summed E-state index contributed by atoms with van der Waals surface area (Å²) in [5.41, 5.74) is 3.58. The number of ether oxygens (including phenoxy) is 1. The maximum absolute atomic E-state index is 13.4. The van der Waals surface area contributed by atoms with Crippen molar-refractivity contribution in [3.8, 4) is 0 Å². The Bertz CT molecular complexity index is 804. The zero-order valence-corrected chi connectivity index (χ0v) is 20.6. The van der Waals surface area contributed by atoms with Crippen molar-refractivity contribution in [1.29, 1.82) is 0 Å². The third kappa shape index (κ3) is 4.87. The van der Waals surface area contributed by atoms with Crippen LogP contribution in [0.15, 0.2) is 0 Å². The fourth-order valence-corrected chi connectivity index (χ4v) is 6.69. The van der Waals surface area contributed by atoms with Crippen LogP contribution in [0.4, 0.5) is 0 Å². The summed E-state index contributed by atoms with van der Waals surface area (Å²) >= 11 is 0. The molecule has 4 aliphatic rings. The summed E-state index contributed by atoms with van der Waals surface area (Å²) in [5, 5.41) is 8.87. The number of nitrogens with one attached hydrogen (secondary N) is 1. The van der Waals surface area contributed by atoms with Crippen molar-refractivity contribution in [3.63, 3.8) is 0 Å². The van der Waals surface area contributed by atoms with E-state index in [1.54, 1.807) is 0 Å². The molecule has 1 amide bonds. The number of hydrogen-bond acceptors (Lipinski definition) is 5. The number of hydrogen-bond donors (Lipinski definition) is 1. The molecule has 1 aromatic rings. The Morgan fingerprint density at radius 3 is 2.58 bits per heavy atom. The van der Waals surface area contributed by atoms with Gasteiger partial charge >= 0.3 is 0 Å². The number of aromatic nitrogens is 2. The highest BCUT2D eigenvalue weighted by Gasteiger charge is 2.40. The molecule has 2 saturated heterocycles. The SMILES string of the molecule is CCCn1nc(C(=O)N2CCOCC2)c2c1CCC(NCC1(N3CCCCC3)CCCC1)C2. The molecule has 184 valence electrons. The van der Waals surface area contributed by atoms with Gasteiger partial charge in [-0.25, -0.2) is 0 Å². The van der Waals surface area contributed by atoms with Gasteiger partial charge in [0.1, 0.15) is 0 Å². The molecule has 7 heteroatoms. The number of morpholine rings is 1. The van der Waals surface area contributed by atoms with Crippen LogP contribution in [-0.2, 0) is 24.1 Å². The zero-order valence-electron chi connectivity index (χ0n) is 20.6. The van der Waals surface area contributed by atoms with E-state index in [0.717, 1.165) is 38.8 Å². The minimum atomic E-state index is 0.102. The molecule has 1 aromatic heterocycles. The number of nitrogens with zero attached hydrogens (tertiary/aromatic N) is 4. The Hall–Kier alpha value is -1.44. The van der Waals surface area contributed by atoms with Crippen LogP contribution in [0.5, 0.6) is 0 Å². The van der Waals surface area contributed by atoms with E-state index in [9.17, 15) is 4.79 Å². The van der Waals surface area contributed by atoms with Gasteiger partial charge < -0.3 is 15.0 Å². The fraction of sp³-hybridized carbons (Fsp3) is 0.846. The van der Waals surface area contributed by atoms with Crippen LogP contribution in [0, 0.1) is 0 Å². The van der Waals surface area contributed by atoms with Gasteiger partial charge in [0.05, 0.1) is 13.2 Å². The van der Waals surface area contributed by atoms with E-state index in [1.807, 2.05) is 4.90 Å². The summed E-state index contributed by atoms with van der Waals surface area (Å²) in [5.74, 6) is 0.102. The summed E-state index contributed by atoms with van der Waals surface area (Å²) in [6.07, 6.45) is 13.7. The highest BCUT2D eigenvalue weighted by atomic mass is 16.5. The second kappa shape index (κ2) is 10.4. The van der Waals surface area contributed by atoms with Gasteiger partial charge in [0.2, 0.25) is 0 Å². The number of fused-ring (bicyclic) bond motifs is 1. The van der Waals surface area contributed by atoms with Gasteiger partial charge in [-0.05, 0) is 64.5 Å². The van der Waals surface area contributed by atoms with Crippen molar-refractivity contribution in [2.24, 2.45) is 0 Å². The van der Waals surface area contributed by atoms with E-state index in [1.165, 1.54) is 69.3 Å². The zero-order chi connectivity index (χ0) is 22.7.